The van der Waals surface area contributed by atoms with E-state index >= 15 is 0 Å². The van der Waals surface area contributed by atoms with E-state index in [1.807, 2.05) is 0 Å². The number of aryl methyl sites for hydroxylation is 3. The summed E-state index contributed by atoms with van der Waals surface area (Å²) in [6.45, 7) is 9.09. The maximum Gasteiger partial charge on any atom is 0.228 e. The molecule has 2 aliphatic rings. The average molecular weight is 437 g/mol. The molecule has 6 rings (SSSR count). The fourth-order valence-corrected chi connectivity index (χ4v) is 6.48. The lowest BCUT2D eigenvalue weighted by atomic mass is 9.85. The summed E-state index contributed by atoms with van der Waals surface area (Å²) in [6.07, 6.45) is 8.90. The number of hydrogen-bond donors (Lipinski definition) is 0. The monoisotopic (exact) mass is 436 g/mol. The minimum absolute atomic E-state index is 0.471. The third-order valence-corrected chi connectivity index (χ3v) is 8.15. The van der Waals surface area contributed by atoms with E-state index in [-0.39, 0.29) is 0 Å². The summed E-state index contributed by atoms with van der Waals surface area (Å²) >= 11 is 0. The molecule has 4 aromatic rings. The van der Waals surface area contributed by atoms with E-state index in [0.29, 0.717) is 5.92 Å². The first-order valence-electron chi connectivity index (χ1n) is 12.6. The lowest BCUT2D eigenvalue weighted by Gasteiger charge is -2.26. The van der Waals surface area contributed by atoms with Gasteiger partial charge in [-0.15, -0.1) is 0 Å². The molecule has 0 spiro atoms. The topological polar surface area (TPSA) is 13.1 Å². The molecule has 168 valence electrons. The summed E-state index contributed by atoms with van der Waals surface area (Å²) in [6, 6.07) is 13.8. The van der Waals surface area contributed by atoms with Crippen LogP contribution in [0.2, 0.25) is 0 Å². The van der Waals surface area contributed by atoms with Gasteiger partial charge in [-0.25, -0.2) is 4.57 Å². The van der Waals surface area contributed by atoms with Gasteiger partial charge in [-0.05, 0) is 71.0 Å². The molecular formula is C31H34NO+. The maximum atomic E-state index is 6.85. The highest BCUT2D eigenvalue weighted by atomic mass is 16.5. The maximum absolute atomic E-state index is 6.85. The van der Waals surface area contributed by atoms with Crippen LogP contribution in [0.15, 0.2) is 42.6 Å². The molecule has 1 aliphatic carbocycles. The minimum Gasteiger partial charge on any atom is -0.455 e. The zero-order valence-corrected chi connectivity index (χ0v) is 20.6. The SMILES string of the molecule is Cc1c2c(c(C)c3c(C(C)C)cccc13)Oc1cc(CC3CCCC3)cc3cc[n+](C)c-2c13. The largest absolute Gasteiger partial charge is 0.455 e. The van der Waals surface area contributed by atoms with Crippen LogP contribution in [-0.4, -0.2) is 0 Å². The van der Waals surface area contributed by atoms with E-state index in [0.717, 1.165) is 17.4 Å². The smallest absolute Gasteiger partial charge is 0.228 e. The number of nitrogens with zero attached hydrogens (tertiary/aromatic N) is 1. The van der Waals surface area contributed by atoms with Crippen molar-refractivity contribution in [3.8, 4) is 22.8 Å². The Hall–Kier alpha value is -2.87. The van der Waals surface area contributed by atoms with Crippen molar-refractivity contribution in [2.45, 2.75) is 65.7 Å². The van der Waals surface area contributed by atoms with Gasteiger partial charge in [0.25, 0.3) is 0 Å². The molecule has 1 aromatic heterocycles. The van der Waals surface area contributed by atoms with Crippen LogP contribution in [0.1, 0.15) is 67.7 Å². The van der Waals surface area contributed by atoms with E-state index < -0.39 is 0 Å². The highest BCUT2D eigenvalue weighted by Crippen LogP contribution is 2.51. The summed E-state index contributed by atoms with van der Waals surface area (Å²) in [7, 11) is 2.17. The predicted octanol–water partition coefficient (Wildman–Crippen LogP) is 8.06. The van der Waals surface area contributed by atoms with Gasteiger partial charge in [0, 0.05) is 11.6 Å². The average Bonchev–Trinajstić information content (AvgIpc) is 3.31. The molecule has 0 bridgehead atoms. The van der Waals surface area contributed by atoms with Crippen LogP contribution < -0.4 is 9.30 Å². The first-order chi connectivity index (χ1) is 15.9. The molecule has 0 atom stereocenters. The lowest BCUT2D eigenvalue weighted by Crippen LogP contribution is -2.32. The fourth-order valence-electron chi connectivity index (χ4n) is 6.48. The Labute approximate surface area is 197 Å². The second-order valence-electron chi connectivity index (χ2n) is 10.7. The molecule has 2 heteroatoms. The van der Waals surface area contributed by atoms with Crippen molar-refractivity contribution >= 4 is 21.5 Å². The second kappa shape index (κ2) is 7.58. The molecule has 3 aromatic carbocycles. The van der Waals surface area contributed by atoms with Crippen LogP contribution in [0.25, 0.3) is 32.8 Å². The number of ether oxygens (including phenoxy) is 1. The van der Waals surface area contributed by atoms with Crippen LogP contribution in [0.5, 0.6) is 11.5 Å². The highest BCUT2D eigenvalue weighted by Gasteiger charge is 2.33. The Balaban J connectivity index is 1.64. The highest BCUT2D eigenvalue weighted by molar-refractivity contribution is 6.07. The van der Waals surface area contributed by atoms with E-state index in [1.54, 1.807) is 0 Å². The van der Waals surface area contributed by atoms with E-state index in [9.17, 15) is 0 Å². The summed E-state index contributed by atoms with van der Waals surface area (Å²) in [5.74, 6) is 3.37. The van der Waals surface area contributed by atoms with Gasteiger partial charge >= 0.3 is 0 Å². The van der Waals surface area contributed by atoms with Crippen molar-refractivity contribution in [2.75, 3.05) is 0 Å². The van der Waals surface area contributed by atoms with Gasteiger partial charge in [0.15, 0.2) is 6.20 Å². The normalized spacial score (nSPS) is 15.5. The first-order valence-corrected chi connectivity index (χ1v) is 12.6. The first kappa shape index (κ1) is 20.7. The molecule has 2 heterocycles. The van der Waals surface area contributed by atoms with Crippen LogP contribution in [0.3, 0.4) is 0 Å². The standard InChI is InChI=1S/C31H34NO/c1-18(2)24-11-8-12-25-19(3)28-30-29-23(13-14-32(30)5)16-22(15-21-9-6-7-10-21)17-26(29)33-31(28)20(4)27(24)25/h8,11-14,16-18,21H,6-7,9-10,15H2,1-5H3/q+1. The molecule has 33 heavy (non-hydrogen) atoms. The van der Waals surface area contributed by atoms with E-state index in [1.165, 1.54) is 87.2 Å². The van der Waals surface area contributed by atoms with Crippen LogP contribution in [0, 0.1) is 19.8 Å². The molecule has 0 unspecified atom stereocenters. The minimum atomic E-state index is 0.471. The molecule has 0 saturated heterocycles. The molecule has 0 N–H and O–H groups in total. The molecule has 1 aliphatic heterocycles. The van der Waals surface area contributed by atoms with Crippen molar-refractivity contribution in [1.82, 2.24) is 0 Å². The third-order valence-electron chi connectivity index (χ3n) is 8.15. The Morgan fingerprint density at radius 1 is 1.00 bits per heavy atom. The Bertz CT molecular complexity index is 1420. The fraction of sp³-hybridized carbons (Fsp3) is 0.387. The van der Waals surface area contributed by atoms with Crippen molar-refractivity contribution in [2.24, 2.45) is 13.0 Å². The molecule has 1 fully saturated rings. The molecule has 0 amide bonds. The molecular weight excluding hydrogens is 402 g/mol. The van der Waals surface area contributed by atoms with Gasteiger partial charge in [-0.3, -0.25) is 0 Å². The number of benzene rings is 3. The zero-order chi connectivity index (χ0) is 22.9. The van der Waals surface area contributed by atoms with Gasteiger partial charge < -0.3 is 4.74 Å². The Kier molecular flexibility index (Phi) is 4.76. The van der Waals surface area contributed by atoms with Crippen molar-refractivity contribution < 1.29 is 9.30 Å². The third kappa shape index (κ3) is 3.10. The summed E-state index contributed by atoms with van der Waals surface area (Å²) in [5, 5.41) is 5.26. The Morgan fingerprint density at radius 3 is 2.55 bits per heavy atom. The predicted molar refractivity (Wildman–Crippen MR) is 137 cm³/mol. The number of fused-ring (bicyclic) bond motifs is 3. The molecule has 1 saturated carbocycles. The quantitative estimate of drug-likeness (QED) is 0.261. The van der Waals surface area contributed by atoms with Crippen LogP contribution in [0.4, 0.5) is 0 Å². The van der Waals surface area contributed by atoms with Gasteiger partial charge in [-0.1, -0.05) is 63.8 Å². The van der Waals surface area contributed by atoms with Crippen molar-refractivity contribution in [1.29, 1.82) is 0 Å². The van der Waals surface area contributed by atoms with Crippen LogP contribution in [-0.2, 0) is 13.5 Å². The Morgan fingerprint density at radius 2 is 1.79 bits per heavy atom. The number of hydrogen-bond acceptors (Lipinski definition) is 1. The zero-order valence-electron chi connectivity index (χ0n) is 20.6. The van der Waals surface area contributed by atoms with E-state index in [4.69, 9.17) is 4.74 Å². The number of pyridine rings is 1. The van der Waals surface area contributed by atoms with Crippen molar-refractivity contribution in [3.63, 3.8) is 0 Å². The van der Waals surface area contributed by atoms with Gasteiger partial charge in [0.05, 0.1) is 10.9 Å². The summed E-state index contributed by atoms with van der Waals surface area (Å²) < 4.78 is 9.14. The van der Waals surface area contributed by atoms with Gasteiger partial charge in [0.2, 0.25) is 5.69 Å². The van der Waals surface area contributed by atoms with Crippen LogP contribution >= 0.6 is 0 Å². The molecule has 0 radical (unpaired) electrons. The van der Waals surface area contributed by atoms with Gasteiger partial charge in [0.1, 0.15) is 18.5 Å². The van der Waals surface area contributed by atoms with Gasteiger partial charge in [-0.2, -0.15) is 0 Å². The summed E-state index contributed by atoms with van der Waals surface area (Å²) in [4.78, 5) is 0. The molecule has 2 nitrogen and oxygen atoms in total. The van der Waals surface area contributed by atoms with Crippen molar-refractivity contribution in [3.05, 3.63) is 64.8 Å². The number of aromatic nitrogens is 1. The number of rotatable bonds is 3. The second-order valence-corrected chi connectivity index (χ2v) is 10.7. The summed E-state index contributed by atoms with van der Waals surface area (Å²) in [5.41, 5.74) is 7.95. The lowest BCUT2D eigenvalue weighted by molar-refractivity contribution is -0.659. The van der Waals surface area contributed by atoms with E-state index in [2.05, 4.69) is 81.9 Å².